The smallest absolute Gasteiger partial charge is 0.248 e. The average Bonchev–Trinajstić information content (AvgIpc) is 2.37. The molecule has 0 radical (unpaired) electrons. The number of nitrogens with zero attached hydrogens (tertiary/aromatic N) is 1. The Morgan fingerprint density at radius 3 is 2.94 bits per heavy atom. The van der Waals surface area contributed by atoms with Crippen LogP contribution in [0.25, 0.3) is 0 Å². The fraction of sp³-hybridized carbons (Fsp3) is 0.929. The van der Waals surface area contributed by atoms with Crippen LogP contribution in [0.4, 0.5) is 0 Å². The SMILES string of the molecule is CC1CCCC(OCC(=O)N2CCNCC2C)C1. The molecule has 0 bridgehead atoms. The quantitative estimate of drug-likeness (QED) is 0.828. The zero-order valence-electron chi connectivity index (χ0n) is 11.7. The van der Waals surface area contributed by atoms with Gasteiger partial charge in [-0.1, -0.05) is 19.8 Å². The van der Waals surface area contributed by atoms with Gasteiger partial charge in [0, 0.05) is 25.7 Å². The molecular weight excluding hydrogens is 228 g/mol. The number of carbonyl (C=O) groups excluding carboxylic acids is 1. The monoisotopic (exact) mass is 254 g/mol. The third kappa shape index (κ3) is 3.69. The number of piperazine rings is 1. The predicted molar refractivity (Wildman–Crippen MR) is 71.4 cm³/mol. The minimum atomic E-state index is 0.155. The minimum absolute atomic E-state index is 0.155. The van der Waals surface area contributed by atoms with E-state index in [4.69, 9.17) is 4.74 Å². The van der Waals surface area contributed by atoms with Crippen LogP contribution in [0.3, 0.4) is 0 Å². The first kappa shape index (κ1) is 13.8. The van der Waals surface area contributed by atoms with Crippen LogP contribution in [0.15, 0.2) is 0 Å². The van der Waals surface area contributed by atoms with Gasteiger partial charge in [0.1, 0.15) is 6.61 Å². The lowest BCUT2D eigenvalue weighted by Crippen LogP contribution is -2.53. The molecule has 1 amide bonds. The molecule has 3 atom stereocenters. The third-order valence-corrected chi connectivity index (χ3v) is 4.15. The molecule has 0 spiro atoms. The molecule has 2 fully saturated rings. The Morgan fingerprint density at radius 1 is 1.39 bits per heavy atom. The van der Waals surface area contributed by atoms with Crippen molar-refractivity contribution in [3.8, 4) is 0 Å². The van der Waals surface area contributed by atoms with Crippen molar-refractivity contribution >= 4 is 5.91 Å². The van der Waals surface area contributed by atoms with Gasteiger partial charge in [-0.15, -0.1) is 0 Å². The van der Waals surface area contributed by atoms with Crippen LogP contribution in [-0.2, 0) is 9.53 Å². The Hall–Kier alpha value is -0.610. The van der Waals surface area contributed by atoms with Gasteiger partial charge in [-0.2, -0.15) is 0 Å². The number of rotatable bonds is 3. The molecule has 0 aromatic heterocycles. The minimum Gasteiger partial charge on any atom is -0.368 e. The maximum atomic E-state index is 12.1. The number of carbonyl (C=O) groups is 1. The van der Waals surface area contributed by atoms with Crippen molar-refractivity contribution in [1.29, 1.82) is 0 Å². The summed E-state index contributed by atoms with van der Waals surface area (Å²) in [6, 6.07) is 0.292. The molecule has 2 aliphatic rings. The van der Waals surface area contributed by atoms with E-state index < -0.39 is 0 Å². The number of amides is 1. The first-order chi connectivity index (χ1) is 8.66. The summed E-state index contributed by atoms with van der Waals surface area (Å²) in [4.78, 5) is 14.1. The summed E-state index contributed by atoms with van der Waals surface area (Å²) in [5.74, 6) is 0.902. The second-order valence-corrected chi connectivity index (χ2v) is 5.85. The maximum absolute atomic E-state index is 12.1. The number of hydrogen-bond donors (Lipinski definition) is 1. The maximum Gasteiger partial charge on any atom is 0.248 e. The van der Waals surface area contributed by atoms with Gasteiger partial charge in [0.2, 0.25) is 5.91 Å². The molecule has 0 aromatic rings. The first-order valence-electron chi connectivity index (χ1n) is 7.28. The van der Waals surface area contributed by atoms with Crippen molar-refractivity contribution in [2.75, 3.05) is 26.2 Å². The van der Waals surface area contributed by atoms with E-state index >= 15 is 0 Å². The molecular formula is C14H26N2O2. The molecule has 1 heterocycles. The molecule has 0 aromatic carbocycles. The van der Waals surface area contributed by atoms with Crippen molar-refractivity contribution < 1.29 is 9.53 Å². The van der Waals surface area contributed by atoms with Crippen LogP contribution >= 0.6 is 0 Å². The van der Waals surface area contributed by atoms with Crippen molar-refractivity contribution in [3.05, 3.63) is 0 Å². The highest BCUT2D eigenvalue weighted by molar-refractivity contribution is 5.77. The summed E-state index contributed by atoms with van der Waals surface area (Å²) in [5.41, 5.74) is 0. The van der Waals surface area contributed by atoms with Crippen molar-refractivity contribution in [1.82, 2.24) is 10.2 Å². The molecule has 18 heavy (non-hydrogen) atoms. The molecule has 1 N–H and O–H groups in total. The Morgan fingerprint density at radius 2 is 2.22 bits per heavy atom. The van der Waals surface area contributed by atoms with Crippen LogP contribution in [0.5, 0.6) is 0 Å². The summed E-state index contributed by atoms with van der Waals surface area (Å²) in [6.45, 7) is 7.23. The van der Waals surface area contributed by atoms with E-state index in [2.05, 4.69) is 19.2 Å². The molecule has 1 saturated heterocycles. The van der Waals surface area contributed by atoms with Crippen LogP contribution < -0.4 is 5.32 Å². The lowest BCUT2D eigenvalue weighted by Gasteiger charge is -2.34. The summed E-state index contributed by atoms with van der Waals surface area (Å²) < 4.78 is 5.81. The van der Waals surface area contributed by atoms with Gasteiger partial charge in [0.15, 0.2) is 0 Å². The van der Waals surface area contributed by atoms with Crippen LogP contribution in [0.1, 0.15) is 39.5 Å². The van der Waals surface area contributed by atoms with E-state index in [0.717, 1.165) is 38.4 Å². The third-order valence-electron chi connectivity index (χ3n) is 4.15. The highest BCUT2D eigenvalue weighted by Crippen LogP contribution is 2.25. The zero-order chi connectivity index (χ0) is 13.0. The summed E-state index contributed by atoms with van der Waals surface area (Å²) in [6.07, 6.45) is 5.09. The number of ether oxygens (including phenoxy) is 1. The molecule has 104 valence electrons. The van der Waals surface area contributed by atoms with Crippen LogP contribution in [-0.4, -0.2) is 49.2 Å². The van der Waals surface area contributed by atoms with E-state index in [1.54, 1.807) is 0 Å². The highest BCUT2D eigenvalue weighted by Gasteiger charge is 2.25. The summed E-state index contributed by atoms with van der Waals surface area (Å²) in [7, 11) is 0. The van der Waals surface area contributed by atoms with Gasteiger partial charge in [0.25, 0.3) is 0 Å². The number of nitrogens with one attached hydrogen (secondary N) is 1. The van der Waals surface area contributed by atoms with Gasteiger partial charge >= 0.3 is 0 Å². The second-order valence-electron chi connectivity index (χ2n) is 5.85. The molecule has 3 unspecified atom stereocenters. The molecule has 4 nitrogen and oxygen atoms in total. The first-order valence-corrected chi connectivity index (χ1v) is 7.28. The van der Waals surface area contributed by atoms with Gasteiger partial charge in [-0.25, -0.2) is 0 Å². The molecule has 1 aliphatic carbocycles. The van der Waals surface area contributed by atoms with Crippen molar-refractivity contribution in [2.45, 2.75) is 51.7 Å². The Labute approximate surface area is 110 Å². The second kappa shape index (κ2) is 6.53. The zero-order valence-corrected chi connectivity index (χ0v) is 11.7. The largest absolute Gasteiger partial charge is 0.368 e. The van der Waals surface area contributed by atoms with Gasteiger partial charge in [-0.3, -0.25) is 4.79 Å². The summed E-state index contributed by atoms with van der Waals surface area (Å²) >= 11 is 0. The van der Waals surface area contributed by atoms with Gasteiger partial charge in [-0.05, 0) is 25.7 Å². The van der Waals surface area contributed by atoms with Gasteiger partial charge in [0.05, 0.1) is 6.10 Å². The lowest BCUT2D eigenvalue weighted by molar-refractivity contribution is -0.142. The number of hydrogen-bond acceptors (Lipinski definition) is 3. The van der Waals surface area contributed by atoms with E-state index in [9.17, 15) is 4.79 Å². The molecule has 1 saturated carbocycles. The Kier molecular flexibility index (Phi) is 5.01. The van der Waals surface area contributed by atoms with Crippen LogP contribution in [0.2, 0.25) is 0 Å². The molecule has 1 aliphatic heterocycles. The Balaban J connectivity index is 1.73. The van der Waals surface area contributed by atoms with Crippen LogP contribution in [0, 0.1) is 5.92 Å². The molecule has 2 rings (SSSR count). The average molecular weight is 254 g/mol. The van der Waals surface area contributed by atoms with E-state index in [1.807, 2.05) is 4.90 Å². The summed E-state index contributed by atoms with van der Waals surface area (Å²) in [5, 5.41) is 3.30. The van der Waals surface area contributed by atoms with Crippen molar-refractivity contribution in [3.63, 3.8) is 0 Å². The van der Waals surface area contributed by atoms with E-state index in [1.165, 1.54) is 12.8 Å². The van der Waals surface area contributed by atoms with Crippen molar-refractivity contribution in [2.24, 2.45) is 5.92 Å². The van der Waals surface area contributed by atoms with E-state index in [-0.39, 0.29) is 12.5 Å². The fourth-order valence-corrected chi connectivity index (χ4v) is 3.01. The standard InChI is InChI=1S/C14H26N2O2/c1-11-4-3-5-13(8-11)18-10-14(17)16-7-6-15-9-12(16)2/h11-13,15H,3-10H2,1-2H3. The Bertz CT molecular complexity index is 283. The predicted octanol–water partition coefficient (Wildman–Crippen LogP) is 1.40. The molecule has 4 heteroatoms. The topological polar surface area (TPSA) is 41.6 Å². The van der Waals surface area contributed by atoms with E-state index in [0.29, 0.717) is 12.1 Å². The van der Waals surface area contributed by atoms with Gasteiger partial charge < -0.3 is 15.0 Å². The fourth-order valence-electron chi connectivity index (χ4n) is 3.01. The normalized spacial score (nSPS) is 33.4. The lowest BCUT2D eigenvalue weighted by atomic mass is 9.89. The highest BCUT2D eigenvalue weighted by atomic mass is 16.5.